The van der Waals surface area contributed by atoms with Gasteiger partial charge in [-0.15, -0.1) is 0 Å². The fourth-order valence-electron chi connectivity index (χ4n) is 2.65. The van der Waals surface area contributed by atoms with E-state index in [2.05, 4.69) is 32.5 Å². The number of aromatic nitrogens is 1. The number of hydrogen-bond donors (Lipinski definition) is 1. The van der Waals surface area contributed by atoms with Crippen molar-refractivity contribution >= 4 is 17.8 Å². The molecule has 0 aliphatic carbocycles. The van der Waals surface area contributed by atoms with Crippen molar-refractivity contribution in [3.8, 4) is 0 Å². The lowest BCUT2D eigenvalue weighted by Gasteiger charge is -2.28. The Morgan fingerprint density at radius 3 is 2.61 bits per heavy atom. The number of carbonyl (C=O) groups excluding carboxylic acids is 1. The van der Waals surface area contributed by atoms with Crippen molar-refractivity contribution in [1.82, 2.24) is 10.4 Å². The minimum absolute atomic E-state index is 0.265. The van der Waals surface area contributed by atoms with E-state index in [-0.39, 0.29) is 5.91 Å². The maximum atomic E-state index is 11.8. The first-order valence-electron chi connectivity index (χ1n) is 7.91. The number of anilines is 1. The van der Waals surface area contributed by atoms with E-state index in [1.165, 1.54) is 31.1 Å². The molecule has 1 N–H and O–H groups in total. The number of benzene rings is 1. The lowest BCUT2D eigenvalue weighted by Crippen LogP contribution is -2.29. The highest BCUT2D eigenvalue weighted by atomic mass is 16.2. The largest absolute Gasteiger partial charge is 0.372 e. The summed E-state index contributed by atoms with van der Waals surface area (Å²) in [4.78, 5) is 18.1. The van der Waals surface area contributed by atoms with E-state index in [0.717, 1.165) is 18.7 Å². The molecule has 0 atom stereocenters. The van der Waals surface area contributed by atoms with Crippen molar-refractivity contribution in [3.63, 3.8) is 0 Å². The maximum Gasteiger partial charge on any atom is 0.272 e. The smallest absolute Gasteiger partial charge is 0.272 e. The molecule has 1 saturated heterocycles. The summed E-state index contributed by atoms with van der Waals surface area (Å²) in [6.45, 7) is 2.27. The van der Waals surface area contributed by atoms with E-state index in [1.807, 2.05) is 12.1 Å². The second kappa shape index (κ2) is 7.54. The van der Waals surface area contributed by atoms with Crippen LogP contribution in [0.3, 0.4) is 0 Å². The van der Waals surface area contributed by atoms with Gasteiger partial charge in [-0.1, -0.05) is 12.1 Å². The first kappa shape index (κ1) is 15.2. The van der Waals surface area contributed by atoms with Crippen LogP contribution >= 0.6 is 0 Å². The van der Waals surface area contributed by atoms with Gasteiger partial charge in [-0.05, 0) is 49.1 Å². The molecule has 0 radical (unpaired) electrons. The van der Waals surface area contributed by atoms with Gasteiger partial charge in [-0.2, -0.15) is 5.10 Å². The molecule has 1 aliphatic heterocycles. The van der Waals surface area contributed by atoms with Crippen LogP contribution in [0.2, 0.25) is 0 Å². The number of nitrogens with zero attached hydrogens (tertiary/aromatic N) is 3. The summed E-state index contributed by atoms with van der Waals surface area (Å²) in [5, 5.41) is 3.99. The number of amides is 1. The number of rotatable bonds is 4. The Hall–Kier alpha value is -2.69. The second-order valence-corrected chi connectivity index (χ2v) is 5.58. The van der Waals surface area contributed by atoms with Crippen LogP contribution < -0.4 is 10.3 Å². The number of piperidine rings is 1. The van der Waals surface area contributed by atoms with Crippen LogP contribution in [0.1, 0.15) is 35.2 Å². The summed E-state index contributed by atoms with van der Waals surface area (Å²) >= 11 is 0. The summed E-state index contributed by atoms with van der Waals surface area (Å²) in [6.07, 6.45) is 8.65. The van der Waals surface area contributed by atoms with Gasteiger partial charge in [-0.3, -0.25) is 9.78 Å². The molecule has 2 heterocycles. The molecule has 1 aliphatic rings. The molecular weight excluding hydrogens is 288 g/mol. The number of pyridine rings is 1. The molecule has 1 fully saturated rings. The van der Waals surface area contributed by atoms with Gasteiger partial charge in [0.25, 0.3) is 5.91 Å². The predicted molar refractivity (Wildman–Crippen MR) is 91.8 cm³/mol. The average molecular weight is 308 g/mol. The van der Waals surface area contributed by atoms with Crippen molar-refractivity contribution in [2.75, 3.05) is 18.0 Å². The van der Waals surface area contributed by atoms with Gasteiger partial charge in [0.15, 0.2) is 0 Å². The Morgan fingerprint density at radius 2 is 1.91 bits per heavy atom. The average Bonchev–Trinajstić information content (AvgIpc) is 2.64. The van der Waals surface area contributed by atoms with Crippen LogP contribution in [0.5, 0.6) is 0 Å². The van der Waals surface area contributed by atoms with Crippen LogP contribution in [-0.4, -0.2) is 30.2 Å². The lowest BCUT2D eigenvalue weighted by molar-refractivity contribution is 0.0955. The SMILES string of the molecule is O=C(N/N=C/c1ccc(N2CCCCC2)cc1)c1cccnc1. The summed E-state index contributed by atoms with van der Waals surface area (Å²) in [7, 11) is 0. The van der Waals surface area contributed by atoms with Crippen molar-refractivity contribution in [2.45, 2.75) is 19.3 Å². The Kier molecular flexibility index (Phi) is 4.99. The fourth-order valence-corrected chi connectivity index (χ4v) is 2.65. The van der Waals surface area contributed by atoms with Crippen molar-refractivity contribution in [2.24, 2.45) is 5.10 Å². The van der Waals surface area contributed by atoms with E-state index in [4.69, 9.17) is 0 Å². The summed E-state index contributed by atoms with van der Waals surface area (Å²) in [5.41, 5.74) is 5.20. The number of carbonyl (C=O) groups is 1. The molecule has 118 valence electrons. The van der Waals surface area contributed by atoms with Gasteiger partial charge < -0.3 is 4.90 Å². The highest BCUT2D eigenvalue weighted by Crippen LogP contribution is 2.19. The fraction of sp³-hybridized carbons (Fsp3) is 0.278. The van der Waals surface area contributed by atoms with Gasteiger partial charge in [0.1, 0.15) is 0 Å². The molecule has 2 aromatic rings. The van der Waals surface area contributed by atoms with Crippen molar-refractivity contribution < 1.29 is 4.79 Å². The van der Waals surface area contributed by atoms with Gasteiger partial charge in [0.2, 0.25) is 0 Å². The minimum atomic E-state index is -0.265. The topological polar surface area (TPSA) is 57.6 Å². The zero-order chi connectivity index (χ0) is 15.9. The van der Waals surface area contributed by atoms with E-state index in [0.29, 0.717) is 5.56 Å². The zero-order valence-corrected chi connectivity index (χ0v) is 13.0. The minimum Gasteiger partial charge on any atom is -0.372 e. The quantitative estimate of drug-likeness (QED) is 0.698. The molecule has 0 bridgehead atoms. The van der Waals surface area contributed by atoms with Crippen LogP contribution in [0, 0.1) is 0 Å². The van der Waals surface area contributed by atoms with Crippen LogP contribution in [-0.2, 0) is 0 Å². The Morgan fingerprint density at radius 1 is 1.13 bits per heavy atom. The van der Waals surface area contributed by atoms with E-state index >= 15 is 0 Å². The van der Waals surface area contributed by atoms with Gasteiger partial charge in [0, 0.05) is 31.2 Å². The lowest BCUT2D eigenvalue weighted by atomic mass is 10.1. The van der Waals surface area contributed by atoms with E-state index < -0.39 is 0 Å². The summed E-state index contributed by atoms with van der Waals surface area (Å²) < 4.78 is 0. The number of hydrazone groups is 1. The molecule has 5 heteroatoms. The molecule has 0 unspecified atom stereocenters. The molecule has 23 heavy (non-hydrogen) atoms. The molecule has 1 amide bonds. The first-order chi connectivity index (χ1) is 11.3. The monoisotopic (exact) mass is 308 g/mol. The third-order valence-electron chi connectivity index (χ3n) is 3.92. The summed E-state index contributed by atoms with van der Waals surface area (Å²) in [5.74, 6) is -0.265. The standard InChI is InChI=1S/C18H20N4O/c23-18(16-5-4-10-19-14-16)21-20-13-15-6-8-17(9-7-15)22-11-2-1-3-12-22/h4-10,13-14H,1-3,11-12H2,(H,21,23)/b20-13+. The van der Waals surface area contributed by atoms with Crippen LogP contribution in [0.4, 0.5) is 5.69 Å². The maximum absolute atomic E-state index is 11.8. The Balaban J connectivity index is 1.56. The van der Waals surface area contributed by atoms with E-state index in [1.54, 1.807) is 24.5 Å². The number of nitrogens with one attached hydrogen (secondary N) is 1. The Bertz CT molecular complexity index is 661. The van der Waals surface area contributed by atoms with Gasteiger partial charge in [0.05, 0.1) is 11.8 Å². The third kappa shape index (κ3) is 4.16. The number of hydrogen-bond acceptors (Lipinski definition) is 4. The highest BCUT2D eigenvalue weighted by molar-refractivity contribution is 5.94. The first-order valence-corrected chi connectivity index (χ1v) is 7.91. The van der Waals surface area contributed by atoms with Crippen molar-refractivity contribution in [1.29, 1.82) is 0 Å². The zero-order valence-electron chi connectivity index (χ0n) is 13.0. The molecule has 1 aromatic carbocycles. The predicted octanol–water partition coefficient (Wildman–Crippen LogP) is 2.84. The normalized spacial score (nSPS) is 14.9. The molecular formula is C18H20N4O. The molecule has 3 rings (SSSR count). The highest BCUT2D eigenvalue weighted by Gasteiger charge is 2.10. The molecule has 1 aromatic heterocycles. The second-order valence-electron chi connectivity index (χ2n) is 5.58. The van der Waals surface area contributed by atoms with Crippen LogP contribution in [0.25, 0.3) is 0 Å². The third-order valence-corrected chi connectivity index (χ3v) is 3.92. The molecule has 0 spiro atoms. The van der Waals surface area contributed by atoms with E-state index in [9.17, 15) is 4.79 Å². The van der Waals surface area contributed by atoms with Crippen molar-refractivity contribution in [3.05, 3.63) is 59.9 Å². The molecule has 5 nitrogen and oxygen atoms in total. The van der Waals surface area contributed by atoms with Gasteiger partial charge >= 0.3 is 0 Å². The summed E-state index contributed by atoms with van der Waals surface area (Å²) in [6, 6.07) is 11.7. The van der Waals surface area contributed by atoms with Gasteiger partial charge in [-0.25, -0.2) is 5.43 Å². The Labute approximate surface area is 136 Å². The van der Waals surface area contributed by atoms with Crippen LogP contribution in [0.15, 0.2) is 53.9 Å². The molecule has 0 saturated carbocycles.